The van der Waals surface area contributed by atoms with E-state index < -0.39 is 0 Å². The third-order valence-electron chi connectivity index (χ3n) is 8.48. The summed E-state index contributed by atoms with van der Waals surface area (Å²) in [6.45, 7) is 0. The molecule has 7 aromatic carbocycles. The molecule has 4 heteroatoms. The maximum absolute atomic E-state index is 6.64. The Morgan fingerprint density at radius 3 is 2.02 bits per heavy atom. The Hall–Kier alpha value is -5.71. The van der Waals surface area contributed by atoms with Crippen LogP contribution in [0.4, 0.5) is 17.1 Å². The van der Waals surface area contributed by atoms with Gasteiger partial charge in [0.15, 0.2) is 5.58 Å². The predicted molar refractivity (Wildman–Crippen MR) is 190 cm³/mol. The molecule has 0 spiro atoms. The first kappa shape index (κ1) is 25.8. The smallest absolute Gasteiger partial charge is 0.227 e. The number of hydrogen-bond acceptors (Lipinski definition) is 4. The Balaban J connectivity index is 1.24. The van der Waals surface area contributed by atoms with Crippen LogP contribution >= 0.6 is 11.3 Å². The lowest BCUT2D eigenvalue weighted by Gasteiger charge is -2.26. The summed E-state index contributed by atoms with van der Waals surface area (Å²) in [6, 6.07) is 55.4. The Bertz CT molecular complexity index is 2480. The highest BCUT2D eigenvalue weighted by Gasteiger charge is 2.22. The molecule has 2 aromatic heterocycles. The summed E-state index contributed by atoms with van der Waals surface area (Å²) in [4.78, 5) is 7.33. The topological polar surface area (TPSA) is 29.3 Å². The largest absolute Gasteiger partial charge is 0.434 e. The van der Waals surface area contributed by atoms with Gasteiger partial charge in [-0.05, 0) is 71.1 Å². The zero-order valence-electron chi connectivity index (χ0n) is 24.2. The molecular weight excluding hydrogens is 569 g/mol. The highest BCUT2D eigenvalue weighted by Crippen LogP contribution is 2.44. The van der Waals surface area contributed by atoms with Crippen LogP contribution in [0.5, 0.6) is 0 Å². The number of para-hydroxylation sites is 1. The molecule has 212 valence electrons. The zero-order chi connectivity index (χ0) is 29.7. The second kappa shape index (κ2) is 10.5. The van der Waals surface area contributed by atoms with E-state index in [-0.39, 0.29) is 0 Å². The number of rotatable bonds is 5. The molecule has 0 fully saturated rings. The fourth-order valence-corrected chi connectivity index (χ4v) is 7.54. The highest BCUT2D eigenvalue weighted by atomic mass is 32.1. The number of fused-ring (bicyclic) bond motifs is 6. The van der Waals surface area contributed by atoms with Crippen molar-refractivity contribution in [1.82, 2.24) is 4.98 Å². The Kier molecular flexibility index (Phi) is 6.00. The lowest BCUT2D eigenvalue weighted by molar-refractivity contribution is 0.620. The van der Waals surface area contributed by atoms with E-state index >= 15 is 0 Å². The molecule has 2 heterocycles. The normalized spacial score (nSPS) is 11.6. The molecule has 0 radical (unpaired) electrons. The van der Waals surface area contributed by atoms with Crippen molar-refractivity contribution < 1.29 is 4.42 Å². The lowest BCUT2D eigenvalue weighted by Crippen LogP contribution is -2.10. The Labute approximate surface area is 264 Å². The minimum atomic E-state index is 0.614. The first-order chi connectivity index (χ1) is 22.3. The molecule has 0 amide bonds. The van der Waals surface area contributed by atoms with Gasteiger partial charge in [0.05, 0.1) is 5.69 Å². The molecule has 45 heavy (non-hydrogen) atoms. The van der Waals surface area contributed by atoms with Crippen LogP contribution in [0.2, 0.25) is 0 Å². The van der Waals surface area contributed by atoms with Gasteiger partial charge in [0.25, 0.3) is 0 Å². The van der Waals surface area contributed by atoms with E-state index in [9.17, 15) is 0 Å². The minimum absolute atomic E-state index is 0.614. The molecule has 0 atom stereocenters. The molecule has 0 saturated carbocycles. The van der Waals surface area contributed by atoms with Crippen molar-refractivity contribution in [3.05, 3.63) is 158 Å². The first-order valence-electron chi connectivity index (χ1n) is 15.1. The van der Waals surface area contributed by atoms with E-state index in [1.165, 1.54) is 31.3 Å². The minimum Gasteiger partial charge on any atom is -0.434 e. The van der Waals surface area contributed by atoms with Gasteiger partial charge < -0.3 is 9.32 Å². The number of aromatic nitrogens is 1. The molecular formula is C41H26N2OS. The van der Waals surface area contributed by atoms with E-state index in [1.807, 2.05) is 41.7 Å². The molecule has 0 saturated heterocycles. The number of nitrogens with zero attached hydrogens (tertiary/aromatic N) is 2. The van der Waals surface area contributed by atoms with Crippen molar-refractivity contribution in [2.75, 3.05) is 4.90 Å². The van der Waals surface area contributed by atoms with Crippen LogP contribution in [0, 0.1) is 0 Å². The van der Waals surface area contributed by atoms with Crippen molar-refractivity contribution in [2.45, 2.75) is 0 Å². The summed E-state index contributed by atoms with van der Waals surface area (Å²) in [5.74, 6) is 0.614. The van der Waals surface area contributed by atoms with E-state index in [1.54, 1.807) is 0 Å². The van der Waals surface area contributed by atoms with Gasteiger partial charge in [-0.15, -0.1) is 11.3 Å². The molecule has 0 N–H and O–H groups in total. The molecule has 0 aliphatic heterocycles. The van der Waals surface area contributed by atoms with Crippen LogP contribution in [0.25, 0.3) is 64.6 Å². The van der Waals surface area contributed by atoms with E-state index in [4.69, 9.17) is 9.40 Å². The third kappa shape index (κ3) is 4.30. The average molecular weight is 595 g/mol. The number of oxazole rings is 1. The Morgan fingerprint density at radius 2 is 1.20 bits per heavy atom. The van der Waals surface area contributed by atoms with Crippen LogP contribution in [0.15, 0.2) is 162 Å². The van der Waals surface area contributed by atoms with Gasteiger partial charge in [0, 0.05) is 42.5 Å². The Morgan fingerprint density at radius 1 is 0.533 bits per heavy atom. The van der Waals surface area contributed by atoms with Gasteiger partial charge in [0.1, 0.15) is 5.52 Å². The summed E-state index contributed by atoms with van der Waals surface area (Å²) in [6.07, 6.45) is 0. The van der Waals surface area contributed by atoms with Crippen LogP contribution in [0.1, 0.15) is 0 Å². The van der Waals surface area contributed by atoms with Gasteiger partial charge in [-0.2, -0.15) is 0 Å². The van der Waals surface area contributed by atoms with Gasteiger partial charge in [-0.1, -0.05) is 103 Å². The standard InChI is InChI=1S/C41H26N2OS/c1-3-12-28(13-4-1)41-42-39-33-17-8-7-14-29(33)26-35(40(39)44-41)43(30-15-5-2-6-16-30)31-24-22-27(23-25-31)32-19-11-21-37-38(32)34-18-9-10-20-36(34)45-37/h1-26H. The average Bonchev–Trinajstić information content (AvgIpc) is 3.73. The molecule has 0 aliphatic rings. The molecule has 3 nitrogen and oxygen atoms in total. The molecule has 0 bridgehead atoms. The maximum atomic E-state index is 6.64. The predicted octanol–water partition coefficient (Wildman–Crippen LogP) is 12.2. The summed E-state index contributed by atoms with van der Waals surface area (Å²) in [5.41, 5.74) is 8.05. The van der Waals surface area contributed by atoms with E-state index in [0.29, 0.717) is 5.89 Å². The summed E-state index contributed by atoms with van der Waals surface area (Å²) in [7, 11) is 0. The first-order valence-corrected chi connectivity index (χ1v) is 15.9. The zero-order valence-corrected chi connectivity index (χ0v) is 25.0. The number of anilines is 3. The summed E-state index contributed by atoms with van der Waals surface area (Å²) >= 11 is 1.85. The monoisotopic (exact) mass is 594 g/mol. The molecule has 9 aromatic rings. The van der Waals surface area contributed by atoms with Gasteiger partial charge >= 0.3 is 0 Å². The number of hydrogen-bond donors (Lipinski definition) is 0. The van der Waals surface area contributed by atoms with Crippen LogP contribution in [-0.4, -0.2) is 4.98 Å². The fourth-order valence-electron chi connectivity index (χ4n) is 6.41. The van der Waals surface area contributed by atoms with Crippen molar-refractivity contribution in [3.8, 4) is 22.6 Å². The maximum Gasteiger partial charge on any atom is 0.227 e. The van der Waals surface area contributed by atoms with Crippen molar-refractivity contribution in [2.24, 2.45) is 0 Å². The number of thiophene rings is 1. The summed E-state index contributed by atoms with van der Waals surface area (Å²) < 4.78 is 9.26. The van der Waals surface area contributed by atoms with Crippen LogP contribution in [-0.2, 0) is 0 Å². The van der Waals surface area contributed by atoms with Gasteiger partial charge in [-0.25, -0.2) is 4.98 Å². The number of benzene rings is 7. The molecule has 9 rings (SSSR count). The molecule has 0 unspecified atom stereocenters. The highest BCUT2D eigenvalue weighted by molar-refractivity contribution is 7.25. The third-order valence-corrected chi connectivity index (χ3v) is 9.62. The van der Waals surface area contributed by atoms with E-state index in [0.717, 1.165) is 44.5 Å². The van der Waals surface area contributed by atoms with Crippen molar-refractivity contribution >= 4 is 70.4 Å². The SMILES string of the molecule is c1ccc(-c2nc3c(o2)c(N(c2ccccc2)c2ccc(-c4cccc5sc6ccccc6c45)cc2)cc2ccccc23)cc1. The fraction of sp³-hybridized carbons (Fsp3) is 0. The summed E-state index contributed by atoms with van der Waals surface area (Å²) in [5, 5.41) is 4.81. The van der Waals surface area contributed by atoms with Gasteiger partial charge in [-0.3, -0.25) is 0 Å². The second-order valence-corrected chi connectivity index (χ2v) is 12.3. The van der Waals surface area contributed by atoms with Crippen LogP contribution < -0.4 is 4.90 Å². The van der Waals surface area contributed by atoms with E-state index in [2.05, 4.69) is 132 Å². The van der Waals surface area contributed by atoms with Crippen molar-refractivity contribution in [3.63, 3.8) is 0 Å². The van der Waals surface area contributed by atoms with Crippen molar-refractivity contribution in [1.29, 1.82) is 0 Å². The van der Waals surface area contributed by atoms with Crippen LogP contribution in [0.3, 0.4) is 0 Å². The molecule has 0 aliphatic carbocycles. The van der Waals surface area contributed by atoms with Gasteiger partial charge in [0.2, 0.25) is 5.89 Å². The lowest BCUT2D eigenvalue weighted by atomic mass is 9.99. The quantitative estimate of drug-likeness (QED) is 0.198. The second-order valence-electron chi connectivity index (χ2n) is 11.2.